The van der Waals surface area contributed by atoms with Crippen LogP contribution in [0.1, 0.15) is 16.7 Å². The monoisotopic (exact) mass is 266 g/mol. The van der Waals surface area contributed by atoms with E-state index >= 15 is 0 Å². The third-order valence-corrected chi connectivity index (χ3v) is 2.89. The molecule has 0 unspecified atom stereocenters. The van der Waals surface area contributed by atoms with Crippen LogP contribution in [0.25, 0.3) is 11.1 Å². The van der Waals surface area contributed by atoms with Crippen LogP contribution in [-0.2, 0) is 12.8 Å². The van der Waals surface area contributed by atoms with E-state index in [2.05, 4.69) is 0 Å². The third kappa shape index (κ3) is 3.15. The topological polar surface area (TPSA) is 20.2 Å². The average molecular weight is 266 g/mol. The van der Waals surface area contributed by atoms with Crippen molar-refractivity contribution in [2.45, 2.75) is 19.7 Å². The van der Waals surface area contributed by atoms with Crippen molar-refractivity contribution in [1.82, 2.24) is 0 Å². The van der Waals surface area contributed by atoms with E-state index in [1.807, 2.05) is 19.1 Å². The summed E-state index contributed by atoms with van der Waals surface area (Å²) in [5.74, 6) is 0. The zero-order chi connectivity index (χ0) is 14.0. The van der Waals surface area contributed by atoms with Gasteiger partial charge in [0.15, 0.2) is 0 Å². The third-order valence-electron chi connectivity index (χ3n) is 2.89. The van der Waals surface area contributed by atoms with E-state index in [-0.39, 0.29) is 5.56 Å². The molecule has 0 fully saturated rings. The van der Waals surface area contributed by atoms with Crippen LogP contribution in [0.2, 0.25) is 0 Å². The van der Waals surface area contributed by atoms with Crippen LogP contribution in [0.15, 0.2) is 42.5 Å². The van der Waals surface area contributed by atoms with Crippen LogP contribution < -0.4 is 0 Å². The van der Waals surface area contributed by atoms with Gasteiger partial charge in [0, 0.05) is 0 Å². The average Bonchev–Trinajstić information content (AvgIpc) is 2.38. The smallest absolute Gasteiger partial charge is 0.392 e. The van der Waals surface area contributed by atoms with Crippen molar-refractivity contribution in [2.75, 3.05) is 0 Å². The maximum atomic E-state index is 12.8. The molecule has 2 rings (SSSR count). The predicted octanol–water partition coefficient (Wildman–Crippen LogP) is 4.17. The number of aliphatic hydroxyl groups is 1. The summed E-state index contributed by atoms with van der Waals surface area (Å²) in [7, 11) is 0. The number of halogens is 3. The van der Waals surface area contributed by atoms with Crippen molar-refractivity contribution in [2.24, 2.45) is 0 Å². The summed E-state index contributed by atoms with van der Waals surface area (Å²) in [4.78, 5) is 0. The van der Waals surface area contributed by atoms with Gasteiger partial charge in [-0.15, -0.1) is 0 Å². The molecule has 19 heavy (non-hydrogen) atoms. The van der Waals surface area contributed by atoms with Gasteiger partial charge < -0.3 is 5.11 Å². The molecule has 0 spiro atoms. The SMILES string of the molecule is Cc1ccc(-c2cc(CO)cc(C(F)(F)F)c2)cc1. The van der Waals surface area contributed by atoms with E-state index in [0.29, 0.717) is 11.1 Å². The Morgan fingerprint density at radius 3 is 2.11 bits per heavy atom. The molecule has 0 radical (unpaired) electrons. The first kappa shape index (κ1) is 13.6. The van der Waals surface area contributed by atoms with Crippen molar-refractivity contribution in [3.05, 3.63) is 59.2 Å². The molecule has 1 nitrogen and oxygen atoms in total. The minimum atomic E-state index is -4.41. The van der Waals surface area contributed by atoms with Crippen molar-refractivity contribution in [3.8, 4) is 11.1 Å². The molecule has 1 N–H and O–H groups in total. The molecule has 0 aliphatic rings. The summed E-state index contributed by atoms with van der Waals surface area (Å²) in [5.41, 5.74) is 1.71. The number of alkyl halides is 3. The molecule has 0 aliphatic heterocycles. The molecular weight excluding hydrogens is 253 g/mol. The van der Waals surface area contributed by atoms with Gasteiger partial charge in [-0.1, -0.05) is 29.8 Å². The van der Waals surface area contributed by atoms with Crippen molar-refractivity contribution in [3.63, 3.8) is 0 Å². The van der Waals surface area contributed by atoms with Crippen LogP contribution in [0.5, 0.6) is 0 Å². The Morgan fingerprint density at radius 2 is 1.58 bits per heavy atom. The van der Waals surface area contributed by atoms with Gasteiger partial charge in [-0.3, -0.25) is 0 Å². The van der Waals surface area contributed by atoms with Gasteiger partial charge >= 0.3 is 6.18 Å². The highest BCUT2D eigenvalue weighted by Crippen LogP contribution is 2.33. The number of aryl methyl sites for hydroxylation is 1. The molecule has 4 heteroatoms. The standard InChI is InChI=1S/C15H13F3O/c1-10-2-4-12(5-3-10)13-6-11(9-19)7-14(8-13)15(16,17)18/h2-8,19H,9H2,1H3. The number of aliphatic hydroxyl groups excluding tert-OH is 1. The molecule has 2 aromatic carbocycles. The molecule has 0 aromatic heterocycles. The second-order valence-electron chi connectivity index (χ2n) is 4.44. The molecular formula is C15H13F3O. The first-order valence-electron chi connectivity index (χ1n) is 5.79. The lowest BCUT2D eigenvalue weighted by atomic mass is 9.99. The summed E-state index contributed by atoms with van der Waals surface area (Å²) in [5, 5.41) is 9.08. The van der Waals surface area contributed by atoms with E-state index in [9.17, 15) is 13.2 Å². The summed E-state index contributed by atoms with van der Waals surface area (Å²) >= 11 is 0. The van der Waals surface area contributed by atoms with Gasteiger partial charge in [-0.25, -0.2) is 0 Å². The summed E-state index contributed by atoms with van der Waals surface area (Å²) < 4.78 is 38.3. The van der Waals surface area contributed by atoms with E-state index in [1.54, 1.807) is 18.2 Å². The lowest BCUT2D eigenvalue weighted by molar-refractivity contribution is -0.137. The van der Waals surface area contributed by atoms with Crippen molar-refractivity contribution in [1.29, 1.82) is 0 Å². The Kier molecular flexibility index (Phi) is 3.62. The van der Waals surface area contributed by atoms with Gasteiger partial charge in [0.05, 0.1) is 12.2 Å². The molecule has 100 valence electrons. The molecule has 0 saturated heterocycles. The number of hydrogen-bond donors (Lipinski definition) is 1. The van der Waals surface area contributed by atoms with E-state index in [1.165, 1.54) is 0 Å². The Balaban J connectivity index is 2.54. The van der Waals surface area contributed by atoms with Crippen LogP contribution in [-0.4, -0.2) is 5.11 Å². The Morgan fingerprint density at radius 1 is 0.947 bits per heavy atom. The fourth-order valence-corrected chi connectivity index (χ4v) is 1.86. The normalized spacial score (nSPS) is 11.6. The number of hydrogen-bond acceptors (Lipinski definition) is 1. The predicted molar refractivity (Wildman–Crippen MR) is 67.5 cm³/mol. The maximum Gasteiger partial charge on any atom is 0.416 e. The van der Waals surface area contributed by atoms with Crippen LogP contribution >= 0.6 is 0 Å². The second-order valence-corrected chi connectivity index (χ2v) is 4.44. The molecule has 0 bridgehead atoms. The minimum absolute atomic E-state index is 0.255. The van der Waals surface area contributed by atoms with Gasteiger partial charge in [0.1, 0.15) is 0 Å². The highest BCUT2D eigenvalue weighted by Gasteiger charge is 2.31. The fraction of sp³-hybridized carbons (Fsp3) is 0.200. The lowest BCUT2D eigenvalue weighted by Gasteiger charge is -2.11. The molecule has 0 aliphatic carbocycles. The minimum Gasteiger partial charge on any atom is -0.392 e. The van der Waals surface area contributed by atoms with Crippen molar-refractivity contribution < 1.29 is 18.3 Å². The first-order chi connectivity index (χ1) is 8.90. The highest BCUT2D eigenvalue weighted by atomic mass is 19.4. The number of benzene rings is 2. The van der Waals surface area contributed by atoms with Gasteiger partial charge in [-0.2, -0.15) is 13.2 Å². The van der Waals surface area contributed by atoms with Gasteiger partial charge in [0.25, 0.3) is 0 Å². The molecule has 0 heterocycles. The maximum absolute atomic E-state index is 12.8. The van der Waals surface area contributed by atoms with Crippen LogP contribution in [0.3, 0.4) is 0 Å². The van der Waals surface area contributed by atoms with Gasteiger partial charge in [0.2, 0.25) is 0 Å². The zero-order valence-electron chi connectivity index (χ0n) is 10.3. The summed E-state index contributed by atoms with van der Waals surface area (Å²) in [6.45, 7) is 1.50. The zero-order valence-corrected chi connectivity index (χ0v) is 10.3. The largest absolute Gasteiger partial charge is 0.416 e. The van der Waals surface area contributed by atoms with E-state index < -0.39 is 18.3 Å². The van der Waals surface area contributed by atoms with E-state index in [0.717, 1.165) is 17.7 Å². The Bertz CT molecular complexity index is 571. The van der Waals surface area contributed by atoms with Gasteiger partial charge in [-0.05, 0) is 41.8 Å². The summed E-state index contributed by atoms with van der Waals surface area (Å²) in [6.07, 6.45) is -4.41. The molecule has 0 saturated carbocycles. The Hall–Kier alpha value is -1.81. The number of rotatable bonds is 2. The Labute approximate surface area is 109 Å². The summed E-state index contributed by atoms with van der Waals surface area (Å²) in [6, 6.07) is 10.9. The highest BCUT2D eigenvalue weighted by molar-refractivity contribution is 5.65. The first-order valence-corrected chi connectivity index (χ1v) is 5.79. The molecule has 2 aromatic rings. The molecule has 0 amide bonds. The van der Waals surface area contributed by atoms with Crippen LogP contribution in [0, 0.1) is 6.92 Å². The molecule has 0 atom stereocenters. The fourth-order valence-electron chi connectivity index (χ4n) is 1.86. The quantitative estimate of drug-likeness (QED) is 0.864. The van der Waals surface area contributed by atoms with E-state index in [4.69, 9.17) is 5.11 Å². The lowest BCUT2D eigenvalue weighted by Crippen LogP contribution is -2.06. The van der Waals surface area contributed by atoms with Crippen molar-refractivity contribution >= 4 is 0 Å². The second kappa shape index (κ2) is 5.05. The van der Waals surface area contributed by atoms with Crippen LogP contribution in [0.4, 0.5) is 13.2 Å².